The largest absolute Gasteiger partial charge is 0.338 e. The smallest absolute Gasteiger partial charge is 0.239 e. The lowest BCUT2D eigenvalue weighted by atomic mass is 10.1. The van der Waals surface area contributed by atoms with Crippen molar-refractivity contribution in [3.8, 4) is 11.3 Å². The van der Waals surface area contributed by atoms with Gasteiger partial charge in [0.2, 0.25) is 11.1 Å². The molecule has 3 aromatic heterocycles. The number of fused-ring (bicyclic) bond motifs is 3. The first-order valence-corrected chi connectivity index (χ1v) is 11.4. The van der Waals surface area contributed by atoms with Crippen LogP contribution in [0.25, 0.3) is 33.3 Å². The highest BCUT2D eigenvalue weighted by Gasteiger charge is 2.19. The Bertz CT molecular complexity index is 1390. The van der Waals surface area contributed by atoms with Crippen molar-refractivity contribution < 1.29 is 4.79 Å². The molecule has 9 heteroatoms. The van der Waals surface area contributed by atoms with Gasteiger partial charge in [-0.1, -0.05) is 59.8 Å². The minimum Gasteiger partial charge on any atom is -0.338 e. The van der Waals surface area contributed by atoms with Crippen LogP contribution in [-0.2, 0) is 4.79 Å². The predicted octanol–water partition coefficient (Wildman–Crippen LogP) is 5.06. The Hall–Kier alpha value is -3.30. The molecule has 154 valence electrons. The number of benzene rings is 2. The number of anilines is 1. The maximum Gasteiger partial charge on any atom is 0.239 e. The van der Waals surface area contributed by atoms with Gasteiger partial charge >= 0.3 is 0 Å². The van der Waals surface area contributed by atoms with E-state index < -0.39 is 5.25 Å². The average Bonchev–Trinajstić information content (AvgIpc) is 3.38. The number of amides is 1. The van der Waals surface area contributed by atoms with Crippen LogP contribution in [-0.4, -0.2) is 36.3 Å². The fourth-order valence-electron chi connectivity index (χ4n) is 3.16. The maximum absolute atomic E-state index is 12.7. The third-order valence-corrected chi connectivity index (χ3v) is 6.54. The number of para-hydroxylation sites is 1. The third-order valence-electron chi connectivity index (χ3n) is 4.84. The third kappa shape index (κ3) is 4.01. The Morgan fingerprint density at radius 3 is 2.74 bits per heavy atom. The van der Waals surface area contributed by atoms with E-state index >= 15 is 0 Å². The molecule has 0 bridgehead atoms. The van der Waals surface area contributed by atoms with Gasteiger partial charge in [-0.05, 0) is 19.9 Å². The van der Waals surface area contributed by atoms with Gasteiger partial charge in [-0.3, -0.25) is 4.79 Å². The summed E-state index contributed by atoms with van der Waals surface area (Å²) in [5.74, 6) is -0.157. The number of hydrogen-bond donors (Lipinski definition) is 2. The van der Waals surface area contributed by atoms with E-state index in [1.54, 1.807) is 0 Å². The summed E-state index contributed by atoms with van der Waals surface area (Å²) in [6, 6.07) is 16.0. The second kappa shape index (κ2) is 8.09. The van der Waals surface area contributed by atoms with Crippen molar-refractivity contribution in [1.29, 1.82) is 0 Å². The molecule has 0 spiro atoms. The first kappa shape index (κ1) is 19.7. The van der Waals surface area contributed by atoms with Crippen LogP contribution < -0.4 is 5.32 Å². The van der Waals surface area contributed by atoms with Crippen LogP contribution in [0.1, 0.15) is 12.5 Å². The maximum atomic E-state index is 12.7. The minimum atomic E-state index is -0.407. The van der Waals surface area contributed by atoms with Gasteiger partial charge in [0, 0.05) is 21.8 Å². The fraction of sp³-hybridized carbons (Fsp3) is 0.136. The van der Waals surface area contributed by atoms with Crippen LogP contribution in [0.3, 0.4) is 0 Å². The molecule has 5 rings (SSSR count). The van der Waals surface area contributed by atoms with Crippen LogP contribution in [0, 0.1) is 6.92 Å². The van der Waals surface area contributed by atoms with Crippen LogP contribution in [0.4, 0.5) is 5.13 Å². The van der Waals surface area contributed by atoms with Crippen molar-refractivity contribution in [2.75, 3.05) is 5.32 Å². The van der Waals surface area contributed by atoms with Gasteiger partial charge in [0.05, 0.1) is 10.9 Å². The molecule has 0 aliphatic heterocycles. The monoisotopic (exact) mass is 446 g/mol. The summed E-state index contributed by atoms with van der Waals surface area (Å²) in [6.07, 6.45) is 0. The molecule has 0 fully saturated rings. The molecule has 1 atom stereocenters. The van der Waals surface area contributed by atoms with Crippen molar-refractivity contribution in [3.63, 3.8) is 0 Å². The van der Waals surface area contributed by atoms with Gasteiger partial charge in [-0.15, -0.1) is 21.5 Å². The van der Waals surface area contributed by atoms with Crippen molar-refractivity contribution in [2.24, 2.45) is 0 Å². The fourth-order valence-corrected chi connectivity index (χ4v) is 4.60. The van der Waals surface area contributed by atoms with E-state index in [1.165, 1.54) is 28.7 Å². The second-order valence-corrected chi connectivity index (χ2v) is 9.28. The number of carbonyl (C=O) groups excluding carboxylic acids is 1. The Morgan fingerprint density at radius 2 is 1.90 bits per heavy atom. The van der Waals surface area contributed by atoms with Crippen molar-refractivity contribution in [1.82, 2.24) is 25.1 Å². The van der Waals surface area contributed by atoms with Crippen LogP contribution in [0.5, 0.6) is 0 Å². The number of aromatic amines is 1. The number of nitrogens with zero attached hydrogens (tertiary/aromatic N) is 4. The topological polar surface area (TPSA) is 96.5 Å². The SMILES string of the molecule is Cc1ccc(-c2csc(NC(=O)C(C)Sc3nnc4c(n3)[nH]c3ccccc34)n2)cc1. The number of nitrogens with one attached hydrogen (secondary N) is 2. The Balaban J connectivity index is 1.28. The number of rotatable bonds is 5. The van der Waals surface area contributed by atoms with Gasteiger partial charge in [-0.25, -0.2) is 9.97 Å². The predicted molar refractivity (Wildman–Crippen MR) is 125 cm³/mol. The zero-order valence-corrected chi connectivity index (χ0v) is 18.4. The Kier molecular flexibility index (Phi) is 5.13. The molecule has 1 unspecified atom stereocenters. The zero-order valence-electron chi connectivity index (χ0n) is 16.8. The summed E-state index contributed by atoms with van der Waals surface area (Å²) in [5, 5.41) is 14.9. The molecule has 31 heavy (non-hydrogen) atoms. The first-order valence-electron chi connectivity index (χ1n) is 9.68. The molecule has 3 heterocycles. The molecule has 0 aliphatic carbocycles. The van der Waals surface area contributed by atoms with Gasteiger partial charge in [0.1, 0.15) is 5.52 Å². The quantitative estimate of drug-likeness (QED) is 0.367. The van der Waals surface area contributed by atoms with Crippen LogP contribution >= 0.6 is 23.1 Å². The van der Waals surface area contributed by atoms with Gasteiger partial charge < -0.3 is 10.3 Å². The number of thiazole rings is 1. The van der Waals surface area contributed by atoms with Gasteiger partial charge in [0.15, 0.2) is 10.8 Å². The van der Waals surface area contributed by atoms with Crippen molar-refractivity contribution in [2.45, 2.75) is 24.3 Å². The molecule has 0 saturated heterocycles. The van der Waals surface area contributed by atoms with E-state index in [4.69, 9.17) is 0 Å². The number of H-pyrrole nitrogens is 1. The zero-order chi connectivity index (χ0) is 21.4. The van der Waals surface area contributed by atoms with E-state index in [-0.39, 0.29) is 5.91 Å². The highest BCUT2D eigenvalue weighted by atomic mass is 32.2. The van der Waals surface area contributed by atoms with E-state index in [0.717, 1.165) is 27.7 Å². The Labute approximate surface area is 186 Å². The van der Waals surface area contributed by atoms with Crippen molar-refractivity contribution >= 4 is 56.2 Å². The summed E-state index contributed by atoms with van der Waals surface area (Å²) in [4.78, 5) is 25.0. The number of aryl methyl sites for hydroxylation is 1. The Morgan fingerprint density at radius 1 is 1.10 bits per heavy atom. The highest BCUT2D eigenvalue weighted by Crippen LogP contribution is 2.28. The normalized spacial score (nSPS) is 12.3. The summed E-state index contributed by atoms with van der Waals surface area (Å²) in [6.45, 7) is 3.86. The molecule has 0 aliphatic rings. The molecule has 2 aromatic carbocycles. The van der Waals surface area contributed by atoms with E-state index in [1.807, 2.05) is 67.8 Å². The lowest BCUT2D eigenvalue weighted by molar-refractivity contribution is -0.115. The average molecular weight is 447 g/mol. The summed E-state index contributed by atoms with van der Waals surface area (Å²) in [5.41, 5.74) is 5.41. The van der Waals surface area contributed by atoms with E-state index in [2.05, 4.69) is 30.5 Å². The van der Waals surface area contributed by atoms with Gasteiger partial charge in [0.25, 0.3) is 0 Å². The number of thioether (sulfide) groups is 1. The number of hydrogen-bond acceptors (Lipinski definition) is 7. The summed E-state index contributed by atoms with van der Waals surface area (Å²) < 4.78 is 0. The van der Waals surface area contributed by atoms with Crippen LogP contribution in [0.2, 0.25) is 0 Å². The standard InChI is InChI=1S/C22H18N6OS2/c1-12-7-9-14(10-8-12)17-11-30-21(24-17)26-20(29)13(2)31-22-25-19-18(27-28-22)15-5-3-4-6-16(15)23-19/h3-11,13H,1-2H3,(H,23,25,28)(H,24,26,29). The molecule has 0 saturated carbocycles. The molecule has 5 aromatic rings. The van der Waals surface area contributed by atoms with E-state index in [0.29, 0.717) is 15.9 Å². The van der Waals surface area contributed by atoms with Crippen molar-refractivity contribution in [3.05, 3.63) is 59.5 Å². The second-order valence-electron chi connectivity index (χ2n) is 7.12. The molecule has 1 amide bonds. The highest BCUT2D eigenvalue weighted by molar-refractivity contribution is 8.00. The summed E-state index contributed by atoms with van der Waals surface area (Å²) >= 11 is 2.66. The summed E-state index contributed by atoms with van der Waals surface area (Å²) in [7, 11) is 0. The van der Waals surface area contributed by atoms with Crippen LogP contribution in [0.15, 0.2) is 59.1 Å². The van der Waals surface area contributed by atoms with E-state index in [9.17, 15) is 4.79 Å². The first-order chi connectivity index (χ1) is 15.1. The number of carbonyl (C=O) groups is 1. The molecule has 0 radical (unpaired) electrons. The molecular formula is C22H18N6OS2. The molecule has 2 N–H and O–H groups in total. The molecular weight excluding hydrogens is 428 g/mol. The van der Waals surface area contributed by atoms with Gasteiger partial charge in [-0.2, -0.15) is 0 Å². The number of aromatic nitrogens is 5. The lowest BCUT2D eigenvalue weighted by Crippen LogP contribution is -2.22. The molecule has 7 nitrogen and oxygen atoms in total. The minimum absolute atomic E-state index is 0.157. The lowest BCUT2D eigenvalue weighted by Gasteiger charge is -2.08.